The van der Waals surface area contributed by atoms with Crippen LogP contribution in [0, 0.1) is 42.4 Å². The van der Waals surface area contributed by atoms with Crippen molar-refractivity contribution in [1.82, 2.24) is 0 Å². The van der Waals surface area contributed by atoms with Gasteiger partial charge in [-0.2, -0.15) is 0 Å². The molecule has 0 unspecified atom stereocenters. The molecule has 4 heteroatoms. The van der Waals surface area contributed by atoms with Crippen LogP contribution in [0.4, 0.5) is 5.69 Å². The van der Waals surface area contributed by atoms with Crippen molar-refractivity contribution in [2.45, 2.75) is 13.3 Å². The number of carbonyl (C=O) groups is 2. The SMILES string of the molecule is Cc1ccccc1Oc1ccc(N2C(=O)[C@H]3[C@@H]4C=C[C@@H]([C@H]5C[C@H]45)[C@@H]3C2=O)cc1. The maximum Gasteiger partial charge on any atom is 0.238 e. The number of hydrogen-bond donors (Lipinski definition) is 0. The number of rotatable bonds is 3. The first-order chi connectivity index (χ1) is 13.6. The summed E-state index contributed by atoms with van der Waals surface area (Å²) >= 11 is 0. The van der Waals surface area contributed by atoms with E-state index in [1.54, 1.807) is 0 Å². The Morgan fingerprint density at radius 1 is 0.857 bits per heavy atom. The van der Waals surface area contributed by atoms with Crippen LogP contribution in [0.15, 0.2) is 60.7 Å². The predicted molar refractivity (Wildman–Crippen MR) is 105 cm³/mol. The Morgan fingerprint density at radius 2 is 1.46 bits per heavy atom. The lowest BCUT2D eigenvalue weighted by atomic mass is 9.63. The van der Waals surface area contributed by atoms with Crippen LogP contribution < -0.4 is 9.64 Å². The fraction of sp³-hybridized carbons (Fsp3) is 0.333. The summed E-state index contributed by atoms with van der Waals surface area (Å²) in [6.07, 6.45) is 5.59. The lowest BCUT2D eigenvalue weighted by Gasteiger charge is -2.37. The molecule has 2 bridgehead atoms. The van der Waals surface area contributed by atoms with Gasteiger partial charge >= 0.3 is 0 Å². The highest BCUT2D eigenvalue weighted by Gasteiger charge is 2.67. The van der Waals surface area contributed by atoms with E-state index in [1.165, 1.54) is 11.3 Å². The van der Waals surface area contributed by atoms with Gasteiger partial charge in [0.25, 0.3) is 0 Å². The Labute approximate surface area is 163 Å². The second kappa shape index (κ2) is 5.57. The minimum Gasteiger partial charge on any atom is -0.457 e. The Balaban J connectivity index is 1.27. The molecule has 2 aromatic rings. The summed E-state index contributed by atoms with van der Waals surface area (Å²) < 4.78 is 5.94. The van der Waals surface area contributed by atoms with Crippen LogP contribution in [-0.4, -0.2) is 11.8 Å². The molecule has 7 rings (SSSR count). The number of amides is 2. The molecule has 1 heterocycles. The second-order valence-corrected chi connectivity index (χ2v) is 8.53. The van der Waals surface area contributed by atoms with Crippen molar-refractivity contribution in [3.05, 3.63) is 66.2 Å². The molecular formula is C24H21NO3. The van der Waals surface area contributed by atoms with Gasteiger partial charge in [-0.25, -0.2) is 0 Å². The van der Waals surface area contributed by atoms with E-state index in [4.69, 9.17) is 4.74 Å². The summed E-state index contributed by atoms with van der Waals surface area (Å²) in [5.74, 6) is 2.89. The number of ether oxygens (including phenoxy) is 1. The van der Waals surface area contributed by atoms with E-state index in [1.807, 2.05) is 55.5 Å². The Bertz CT molecular complexity index is 988. The summed E-state index contributed by atoms with van der Waals surface area (Å²) in [5, 5.41) is 0. The molecule has 4 aliphatic carbocycles. The number of carbonyl (C=O) groups excluding carboxylic acids is 2. The predicted octanol–water partition coefficient (Wildman–Crippen LogP) is 4.34. The number of nitrogens with zero attached hydrogens (tertiary/aromatic N) is 1. The van der Waals surface area contributed by atoms with Crippen LogP contribution >= 0.6 is 0 Å². The highest BCUT2D eigenvalue weighted by molar-refractivity contribution is 6.22. The third-order valence-electron chi connectivity index (χ3n) is 7.08. The number of allylic oxidation sites excluding steroid dienone is 2. The summed E-state index contributed by atoms with van der Waals surface area (Å²) in [7, 11) is 0. The lowest BCUT2D eigenvalue weighted by Crippen LogP contribution is -2.40. The molecule has 5 aliphatic rings. The molecule has 2 saturated carbocycles. The average Bonchev–Trinajstić information content (AvgIpc) is 3.49. The molecule has 3 fully saturated rings. The highest BCUT2D eigenvalue weighted by Crippen LogP contribution is 2.65. The Hall–Kier alpha value is -2.88. The normalized spacial score (nSPS) is 34.4. The molecule has 0 spiro atoms. The molecule has 1 aliphatic heterocycles. The van der Waals surface area contributed by atoms with Gasteiger partial charge in [-0.05, 0) is 72.9 Å². The first kappa shape index (κ1) is 16.1. The van der Waals surface area contributed by atoms with Gasteiger partial charge in [-0.15, -0.1) is 0 Å². The molecule has 0 N–H and O–H groups in total. The molecule has 4 nitrogen and oxygen atoms in total. The molecule has 140 valence electrons. The van der Waals surface area contributed by atoms with Crippen LogP contribution in [0.2, 0.25) is 0 Å². The monoisotopic (exact) mass is 371 g/mol. The van der Waals surface area contributed by atoms with Gasteiger partial charge < -0.3 is 4.74 Å². The number of imide groups is 1. The third kappa shape index (κ3) is 2.12. The van der Waals surface area contributed by atoms with E-state index in [9.17, 15) is 9.59 Å². The number of anilines is 1. The summed E-state index contributed by atoms with van der Waals surface area (Å²) in [4.78, 5) is 27.8. The van der Waals surface area contributed by atoms with Gasteiger partial charge in [0.2, 0.25) is 11.8 Å². The minimum atomic E-state index is -0.158. The van der Waals surface area contributed by atoms with Crippen LogP contribution in [0.3, 0.4) is 0 Å². The van der Waals surface area contributed by atoms with Crippen molar-refractivity contribution in [2.75, 3.05) is 4.90 Å². The number of aryl methyl sites for hydroxylation is 1. The van der Waals surface area contributed by atoms with Gasteiger partial charge in [-0.1, -0.05) is 30.4 Å². The maximum atomic E-state index is 13.2. The number of benzene rings is 2. The van der Waals surface area contributed by atoms with Gasteiger partial charge in [-0.3, -0.25) is 14.5 Å². The van der Waals surface area contributed by atoms with Crippen LogP contribution in [-0.2, 0) is 9.59 Å². The van der Waals surface area contributed by atoms with Crippen molar-refractivity contribution in [3.63, 3.8) is 0 Å². The van der Waals surface area contributed by atoms with Crippen LogP contribution in [0.5, 0.6) is 11.5 Å². The topological polar surface area (TPSA) is 46.6 Å². The van der Waals surface area contributed by atoms with E-state index in [0.29, 0.717) is 23.3 Å². The molecule has 1 saturated heterocycles. The zero-order valence-electron chi connectivity index (χ0n) is 15.6. The molecular weight excluding hydrogens is 350 g/mol. The zero-order chi connectivity index (χ0) is 19.0. The maximum absolute atomic E-state index is 13.2. The van der Waals surface area contributed by atoms with Crippen molar-refractivity contribution in [1.29, 1.82) is 0 Å². The van der Waals surface area contributed by atoms with Crippen molar-refractivity contribution in [2.24, 2.45) is 35.5 Å². The smallest absolute Gasteiger partial charge is 0.238 e. The first-order valence-electron chi connectivity index (χ1n) is 10.0. The zero-order valence-corrected chi connectivity index (χ0v) is 15.6. The molecule has 28 heavy (non-hydrogen) atoms. The Morgan fingerprint density at radius 3 is 2.07 bits per heavy atom. The minimum absolute atomic E-state index is 0.0210. The van der Waals surface area contributed by atoms with E-state index in [-0.39, 0.29) is 35.5 Å². The fourth-order valence-electron chi connectivity index (χ4n) is 5.67. The standard InChI is InChI=1S/C24H21NO3/c1-13-4-2-3-5-20(13)28-15-8-6-14(7-9-15)25-23(26)21-16-10-11-17(19-12-18(16)19)22(21)24(25)27/h2-11,16-19,21-22H,12H2,1H3/t16-,17+,18-,19-,21+,22+/m1/s1. The largest absolute Gasteiger partial charge is 0.457 e. The lowest BCUT2D eigenvalue weighted by molar-refractivity contribution is -0.124. The highest BCUT2D eigenvalue weighted by atomic mass is 16.5. The molecule has 0 radical (unpaired) electrons. The quantitative estimate of drug-likeness (QED) is 0.595. The van der Waals surface area contributed by atoms with E-state index < -0.39 is 0 Å². The fourth-order valence-corrected chi connectivity index (χ4v) is 5.67. The Kier molecular flexibility index (Phi) is 3.20. The van der Waals surface area contributed by atoms with Gasteiger partial charge in [0.05, 0.1) is 17.5 Å². The van der Waals surface area contributed by atoms with Crippen molar-refractivity contribution < 1.29 is 14.3 Å². The summed E-state index contributed by atoms with van der Waals surface area (Å²) in [5.41, 5.74) is 1.71. The summed E-state index contributed by atoms with van der Waals surface area (Å²) in [6, 6.07) is 15.1. The average molecular weight is 371 g/mol. The molecule has 6 atom stereocenters. The first-order valence-corrected chi connectivity index (χ1v) is 10.0. The van der Waals surface area contributed by atoms with Gasteiger partial charge in [0, 0.05) is 0 Å². The van der Waals surface area contributed by atoms with Crippen molar-refractivity contribution in [3.8, 4) is 11.5 Å². The van der Waals surface area contributed by atoms with E-state index in [0.717, 1.165) is 11.3 Å². The number of hydrogen-bond acceptors (Lipinski definition) is 3. The second-order valence-electron chi connectivity index (χ2n) is 8.53. The molecule has 2 amide bonds. The van der Waals surface area contributed by atoms with Gasteiger partial charge in [0.15, 0.2) is 0 Å². The van der Waals surface area contributed by atoms with Gasteiger partial charge in [0.1, 0.15) is 11.5 Å². The van der Waals surface area contributed by atoms with Crippen LogP contribution in [0.1, 0.15) is 12.0 Å². The molecule has 0 aromatic heterocycles. The van der Waals surface area contributed by atoms with Crippen LogP contribution in [0.25, 0.3) is 0 Å². The van der Waals surface area contributed by atoms with E-state index >= 15 is 0 Å². The third-order valence-corrected chi connectivity index (χ3v) is 7.08. The summed E-state index contributed by atoms with van der Waals surface area (Å²) in [6.45, 7) is 2.00. The van der Waals surface area contributed by atoms with E-state index in [2.05, 4.69) is 12.2 Å². The number of para-hydroxylation sites is 1. The molecule has 2 aromatic carbocycles. The van der Waals surface area contributed by atoms with Crippen molar-refractivity contribution >= 4 is 17.5 Å².